The molecule has 0 aliphatic heterocycles. The molecule has 2 rings (SSSR count). The number of carbonyl (C=O) groups excluding carboxylic acids is 1. The number of ether oxygens (including phenoxy) is 2. The Labute approximate surface area is 154 Å². The van der Waals surface area contributed by atoms with Crippen molar-refractivity contribution in [3.05, 3.63) is 26.7 Å². The molecule has 9 nitrogen and oxygen atoms in total. The number of methoxy groups -OCH3 is 1. The van der Waals surface area contributed by atoms with Gasteiger partial charge < -0.3 is 9.47 Å². The molecule has 0 aromatic carbocycles. The van der Waals surface area contributed by atoms with Gasteiger partial charge in [-0.05, 0) is 13.3 Å². The molecule has 0 aliphatic rings. The van der Waals surface area contributed by atoms with E-state index >= 15 is 0 Å². The van der Waals surface area contributed by atoms with Crippen LogP contribution in [0.25, 0.3) is 11.0 Å². The van der Waals surface area contributed by atoms with Gasteiger partial charge in [0.1, 0.15) is 22.3 Å². The van der Waals surface area contributed by atoms with E-state index in [1.165, 1.54) is 25.8 Å². The van der Waals surface area contributed by atoms with Crippen LogP contribution in [0.4, 0.5) is 0 Å². The smallest absolute Gasteiger partial charge is 0.332 e. The maximum atomic E-state index is 12.7. The molecule has 0 N–H and O–H groups in total. The van der Waals surface area contributed by atoms with Crippen molar-refractivity contribution in [2.75, 3.05) is 13.7 Å². The largest absolute Gasteiger partial charge is 0.465 e. The van der Waals surface area contributed by atoms with Crippen LogP contribution in [0.15, 0.2) is 14.6 Å². The highest BCUT2D eigenvalue weighted by Crippen LogP contribution is 2.29. The first kappa shape index (κ1) is 20.1. The summed E-state index contributed by atoms with van der Waals surface area (Å²) >= 11 is 1.13. The average molecular weight is 382 g/mol. The zero-order valence-electron chi connectivity index (χ0n) is 15.4. The predicted molar refractivity (Wildman–Crippen MR) is 97.3 cm³/mol. The van der Waals surface area contributed by atoms with E-state index in [2.05, 4.69) is 9.97 Å². The minimum Gasteiger partial charge on any atom is -0.465 e. The van der Waals surface area contributed by atoms with Gasteiger partial charge in [-0.15, -0.1) is 0 Å². The SMILES string of the molecule is CCOC(=O)[C@@H](CC)Sc1nc(COC)nc2c1c(=O)n(C)c(=O)n2C. The van der Waals surface area contributed by atoms with E-state index in [0.717, 1.165) is 16.3 Å². The van der Waals surface area contributed by atoms with E-state index in [4.69, 9.17) is 9.47 Å². The summed E-state index contributed by atoms with van der Waals surface area (Å²) in [6.07, 6.45) is 0.501. The third-order valence-corrected chi connectivity index (χ3v) is 5.09. The number of nitrogens with zero attached hydrogens (tertiary/aromatic N) is 4. The first-order valence-electron chi connectivity index (χ1n) is 8.14. The van der Waals surface area contributed by atoms with Gasteiger partial charge in [0.05, 0.1) is 6.61 Å². The highest BCUT2D eigenvalue weighted by atomic mass is 32.2. The van der Waals surface area contributed by atoms with Crippen molar-refractivity contribution in [2.24, 2.45) is 14.1 Å². The standard InChI is InChI=1S/C16H22N4O5S/c1-6-9(15(22)25-7-2)26-13-11-12(17-10(18-13)8-24-5)19(3)16(23)20(4)14(11)21/h9H,6-8H2,1-5H3/t9-/m1/s1. The molecule has 2 aromatic heterocycles. The Morgan fingerprint density at radius 2 is 1.88 bits per heavy atom. The van der Waals surface area contributed by atoms with Crippen LogP contribution in [0.2, 0.25) is 0 Å². The number of esters is 1. The average Bonchev–Trinajstić information content (AvgIpc) is 2.62. The molecule has 0 fully saturated rings. The zero-order valence-corrected chi connectivity index (χ0v) is 16.3. The van der Waals surface area contributed by atoms with Gasteiger partial charge in [-0.1, -0.05) is 18.7 Å². The molecule has 1 atom stereocenters. The van der Waals surface area contributed by atoms with Gasteiger partial charge in [-0.2, -0.15) is 0 Å². The number of hydrogen-bond acceptors (Lipinski definition) is 8. The number of rotatable bonds is 7. The van der Waals surface area contributed by atoms with Gasteiger partial charge in [0, 0.05) is 21.2 Å². The summed E-state index contributed by atoms with van der Waals surface area (Å²) in [5.41, 5.74) is -0.785. The Balaban J connectivity index is 2.72. The summed E-state index contributed by atoms with van der Waals surface area (Å²) < 4.78 is 12.4. The van der Waals surface area contributed by atoms with Gasteiger partial charge in [0.25, 0.3) is 5.56 Å². The lowest BCUT2D eigenvalue weighted by Crippen LogP contribution is -2.38. The second-order valence-corrected chi connectivity index (χ2v) is 6.74. The third kappa shape index (κ3) is 3.80. The quantitative estimate of drug-likeness (QED) is 0.390. The fraction of sp³-hybridized carbons (Fsp3) is 0.562. The van der Waals surface area contributed by atoms with Gasteiger partial charge >= 0.3 is 11.7 Å². The van der Waals surface area contributed by atoms with Gasteiger partial charge in [0.15, 0.2) is 11.5 Å². The van der Waals surface area contributed by atoms with Crippen LogP contribution in [0, 0.1) is 0 Å². The van der Waals surface area contributed by atoms with E-state index in [1.807, 2.05) is 6.92 Å². The monoisotopic (exact) mass is 382 g/mol. The van der Waals surface area contributed by atoms with Crippen LogP contribution in [0.1, 0.15) is 26.1 Å². The zero-order chi connectivity index (χ0) is 19.4. The van der Waals surface area contributed by atoms with Gasteiger partial charge in [-0.3, -0.25) is 18.7 Å². The molecular weight excluding hydrogens is 360 g/mol. The lowest BCUT2D eigenvalue weighted by atomic mass is 10.3. The fourth-order valence-electron chi connectivity index (χ4n) is 2.42. The van der Waals surface area contributed by atoms with Crippen molar-refractivity contribution < 1.29 is 14.3 Å². The Kier molecular flexibility index (Phi) is 6.54. The molecule has 0 spiro atoms. The molecule has 2 aromatic rings. The second kappa shape index (κ2) is 8.45. The van der Waals surface area contributed by atoms with Crippen LogP contribution < -0.4 is 11.2 Å². The Morgan fingerprint density at radius 1 is 1.19 bits per heavy atom. The normalized spacial score (nSPS) is 12.3. The molecule has 0 unspecified atom stereocenters. The maximum Gasteiger partial charge on any atom is 0.332 e. The van der Waals surface area contributed by atoms with Gasteiger partial charge in [0.2, 0.25) is 0 Å². The van der Waals surface area contributed by atoms with E-state index in [9.17, 15) is 14.4 Å². The van der Waals surface area contributed by atoms with E-state index in [1.54, 1.807) is 6.92 Å². The second-order valence-electron chi connectivity index (χ2n) is 5.55. The maximum absolute atomic E-state index is 12.7. The fourth-order valence-corrected chi connectivity index (χ4v) is 3.47. The highest BCUT2D eigenvalue weighted by Gasteiger charge is 2.24. The highest BCUT2D eigenvalue weighted by molar-refractivity contribution is 8.00. The lowest BCUT2D eigenvalue weighted by molar-refractivity contribution is -0.142. The predicted octanol–water partition coefficient (Wildman–Crippen LogP) is 0.607. The molecule has 0 saturated heterocycles. The van der Waals surface area contributed by atoms with E-state index < -0.39 is 16.5 Å². The number of fused-ring (bicyclic) bond motifs is 1. The van der Waals surface area contributed by atoms with Crippen molar-refractivity contribution in [2.45, 2.75) is 37.2 Å². The minimum absolute atomic E-state index is 0.114. The Morgan fingerprint density at radius 3 is 2.46 bits per heavy atom. The first-order chi connectivity index (χ1) is 12.3. The number of thioether (sulfide) groups is 1. The van der Waals surface area contributed by atoms with Crippen LogP contribution in [0.3, 0.4) is 0 Å². The van der Waals surface area contributed by atoms with Crippen LogP contribution in [0.5, 0.6) is 0 Å². The molecule has 0 bridgehead atoms. The van der Waals surface area contributed by atoms with Crippen molar-refractivity contribution in [3.8, 4) is 0 Å². The molecule has 2 heterocycles. The molecule has 0 radical (unpaired) electrons. The lowest BCUT2D eigenvalue weighted by Gasteiger charge is -2.15. The molecule has 0 saturated carbocycles. The molecule has 0 amide bonds. The summed E-state index contributed by atoms with van der Waals surface area (Å²) in [6.45, 7) is 3.97. The van der Waals surface area contributed by atoms with Gasteiger partial charge in [-0.25, -0.2) is 14.8 Å². The molecule has 10 heteroatoms. The number of aryl methyl sites for hydroxylation is 1. The summed E-state index contributed by atoms with van der Waals surface area (Å²) in [5, 5.41) is 0.00531. The number of aromatic nitrogens is 4. The summed E-state index contributed by atoms with van der Waals surface area (Å²) in [6, 6.07) is 0. The third-order valence-electron chi connectivity index (χ3n) is 3.76. The first-order valence-corrected chi connectivity index (χ1v) is 9.02. The molecule has 26 heavy (non-hydrogen) atoms. The van der Waals surface area contributed by atoms with Crippen LogP contribution >= 0.6 is 11.8 Å². The molecular formula is C16H22N4O5S. The summed E-state index contributed by atoms with van der Waals surface area (Å²) in [7, 11) is 4.42. The van der Waals surface area contributed by atoms with Crippen molar-refractivity contribution in [3.63, 3.8) is 0 Å². The summed E-state index contributed by atoms with van der Waals surface area (Å²) in [5.74, 6) is -0.0498. The molecule has 142 valence electrons. The number of carbonyl (C=O) groups is 1. The topological polar surface area (TPSA) is 105 Å². The van der Waals surface area contributed by atoms with Crippen molar-refractivity contribution >= 4 is 28.8 Å². The number of hydrogen-bond donors (Lipinski definition) is 0. The Hall–Kier alpha value is -2.20. The van der Waals surface area contributed by atoms with Crippen molar-refractivity contribution in [1.82, 2.24) is 19.1 Å². The Bertz CT molecular complexity index is 937. The van der Waals surface area contributed by atoms with Crippen LogP contribution in [-0.4, -0.2) is 44.0 Å². The molecule has 0 aliphatic carbocycles. The van der Waals surface area contributed by atoms with Crippen LogP contribution in [-0.2, 0) is 35.0 Å². The summed E-state index contributed by atoms with van der Waals surface area (Å²) in [4.78, 5) is 45.7. The van der Waals surface area contributed by atoms with E-state index in [0.29, 0.717) is 17.3 Å². The van der Waals surface area contributed by atoms with E-state index in [-0.39, 0.29) is 30.2 Å². The van der Waals surface area contributed by atoms with Crippen molar-refractivity contribution in [1.29, 1.82) is 0 Å². The minimum atomic E-state index is -0.523.